The Hall–Kier alpha value is -1.80. The van der Waals surface area contributed by atoms with Crippen molar-refractivity contribution in [1.82, 2.24) is 10.6 Å². The Kier molecular flexibility index (Phi) is 9.57. The van der Waals surface area contributed by atoms with E-state index < -0.39 is 0 Å². The molecule has 0 atom stereocenters. The van der Waals surface area contributed by atoms with Gasteiger partial charge >= 0.3 is 0 Å². The molecule has 0 spiro atoms. The SMILES string of the molecule is CCNC(=NCc1ccccc1Oc1ccccc1)NC1CCC(O)CC1.I. The van der Waals surface area contributed by atoms with E-state index in [1.807, 2.05) is 54.6 Å². The van der Waals surface area contributed by atoms with Crippen LogP contribution in [0.3, 0.4) is 0 Å². The number of guanidine groups is 1. The molecule has 3 N–H and O–H groups in total. The third kappa shape index (κ3) is 6.98. The highest BCUT2D eigenvalue weighted by molar-refractivity contribution is 14.0. The number of halogens is 1. The predicted molar refractivity (Wildman–Crippen MR) is 125 cm³/mol. The summed E-state index contributed by atoms with van der Waals surface area (Å²) in [6.07, 6.45) is 3.50. The molecule has 3 rings (SSSR count). The van der Waals surface area contributed by atoms with Gasteiger partial charge in [-0.25, -0.2) is 4.99 Å². The van der Waals surface area contributed by atoms with Gasteiger partial charge in [-0.1, -0.05) is 36.4 Å². The standard InChI is InChI=1S/C22H29N3O2.HI/c1-2-23-22(25-18-12-14-19(26)15-13-18)24-16-17-8-6-7-11-21(17)27-20-9-4-3-5-10-20;/h3-11,18-19,26H,2,12-16H2,1H3,(H2,23,24,25);1H. The summed E-state index contributed by atoms with van der Waals surface area (Å²) in [4.78, 5) is 4.75. The molecule has 0 unspecified atom stereocenters. The number of ether oxygens (including phenoxy) is 1. The van der Waals surface area contributed by atoms with Crippen molar-refractivity contribution in [2.24, 2.45) is 4.99 Å². The van der Waals surface area contributed by atoms with Crippen molar-refractivity contribution < 1.29 is 9.84 Å². The van der Waals surface area contributed by atoms with Gasteiger partial charge in [-0.15, -0.1) is 24.0 Å². The molecule has 1 fully saturated rings. The lowest BCUT2D eigenvalue weighted by Gasteiger charge is -2.27. The van der Waals surface area contributed by atoms with Gasteiger partial charge in [-0.2, -0.15) is 0 Å². The minimum absolute atomic E-state index is 0. The average Bonchev–Trinajstić information content (AvgIpc) is 2.70. The van der Waals surface area contributed by atoms with Crippen LogP contribution in [0.2, 0.25) is 0 Å². The fourth-order valence-electron chi connectivity index (χ4n) is 3.25. The number of benzene rings is 2. The van der Waals surface area contributed by atoms with Gasteiger partial charge < -0.3 is 20.5 Å². The van der Waals surface area contributed by atoms with E-state index in [2.05, 4.69) is 17.6 Å². The smallest absolute Gasteiger partial charge is 0.191 e. The predicted octanol–water partition coefficient (Wildman–Crippen LogP) is 4.46. The van der Waals surface area contributed by atoms with E-state index in [0.29, 0.717) is 12.6 Å². The Morgan fingerprint density at radius 3 is 2.43 bits per heavy atom. The zero-order chi connectivity index (χ0) is 18.9. The van der Waals surface area contributed by atoms with E-state index in [4.69, 9.17) is 9.73 Å². The molecule has 0 heterocycles. The van der Waals surface area contributed by atoms with Crippen LogP contribution < -0.4 is 15.4 Å². The zero-order valence-corrected chi connectivity index (χ0v) is 18.6. The Bertz CT molecular complexity index is 732. The molecule has 2 aromatic rings. The molecule has 1 saturated carbocycles. The summed E-state index contributed by atoms with van der Waals surface area (Å²) in [5.41, 5.74) is 1.04. The van der Waals surface area contributed by atoms with Gasteiger partial charge in [0.1, 0.15) is 11.5 Å². The topological polar surface area (TPSA) is 65.9 Å². The summed E-state index contributed by atoms with van der Waals surface area (Å²) in [7, 11) is 0. The van der Waals surface area contributed by atoms with Crippen LogP contribution in [0.1, 0.15) is 38.2 Å². The first kappa shape index (κ1) is 22.5. The van der Waals surface area contributed by atoms with Crippen LogP contribution in [0, 0.1) is 0 Å². The minimum Gasteiger partial charge on any atom is -0.457 e. The Morgan fingerprint density at radius 2 is 1.71 bits per heavy atom. The van der Waals surface area contributed by atoms with E-state index in [1.165, 1.54) is 0 Å². The molecule has 0 bridgehead atoms. The van der Waals surface area contributed by atoms with Gasteiger partial charge in [0.15, 0.2) is 5.96 Å². The molecule has 1 aliphatic rings. The second-order valence-corrected chi connectivity index (χ2v) is 6.87. The van der Waals surface area contributed by atoms with Crippen LogP contribution in [-0.2, 0) is 6.54 Å². The highest BCUT2D eigenvalue weighted by Gasteiger charge is 2.20. The molecule has 5 nitrogen and oxygen atoms in total. The summed E-state index contributed by atoms with van der Waals surface area (Å²) >= 11 is 0. The second kappa shape index (κ2) is 11.9. The molecule has 6 heteroatoms. The summed E-state index contributed by atoms with van der Waals surface area (Å²) < 4.78 is 6.03. The maximum absolute atomic E-state index is 9.68. The van der Waals surface area contributed by atoms with Gasteiger partial charge in [-0.05, 0) is 50.8 Å². The van der Waals surface area contributed by atoms with Gasteiger partial charge in [-0.3, -0.25) is 0 Å². The monoisotopic (exact) mass is 495 g/mol. The van der Waals surface area contributed by atoms with E-state index in [-0.39, 0.29) is 30.1 Å². The summed E-state index contributed by atoms with van der Waals surface area (Å²) in [6, 6.07) is 18.2. The Morgan fingerprint density at radius 1 is 1.04 bits per heavy atom. The lowest BCUT2D eigenvalue weighted by molar-refractivity contribution is 0.120. The highest BCUT2D eigenvalue weighted by Crippen LogP contribution is 2.25. The molecule has 0 aromatic heterocycles. The number of nitrogens with one attached hydrogen (secondary N) is 2. The summed E-state index contributed by atoms with van der Waals surface area (Å²) in [5, 5.41) is 16.5. The molecular formula is C22H30IN3O2. The van der Waals surface area contributed by atoms with Crippen LogP contribution in [0.25, 0.3) is 0 Å². The number of aliphatic hydroxyl groups excluding tert-OH is 1. The molecule has 0 amide bonds. The van der Waals surface area contributed by atoms with Crippen molar-refractivity contribution in [1.29, 1.82) is 0 Å². The van der Waals surface area contributed by atoms with Gasteiger partial charge in [0.05, 0.1) is 12.6 Å². The van der Waals surface area contributed by atoms with Crippen molar-refractivity contribution in [2.45, 2.75) is 51.3 Å². The lowest BCUT2D eigenvalue weighted by Crippen LogP contribution is -2.45. The first-order valence-electron chi connectivity index (χ1n) is 9.78. The van der Waals surface area contributed by atoms with E-state index in [9.17, 15) is 5.11 Å². The van der Waals surface area contributed by atoms with E-state index in [0.717, 1.165) is 55.3 Å². The summed E-state index contributed by atoms with van der Waals surface area (Å²) in [6.45, 7) is 3.41. The number of aliphatic hydroxyl groups is 1. The number of rotatable bonds is 6. The third-order valence-electron chi connectivity index (χ3n) is 4.73. The van der Waals surface area contributed by atoms with Crippen LogP contribution >= 0.6 is 24.0 Å². The number of hydrogen-bond acceptors (Lipinski definition) is 3. The number of para-hydroxylation sites is 2. The highest BCUT2D eigenvalue weighted by atomic mass is 127. The number of hydrogen-bond donors (Lipinski definition) is 3. The molecule has 0 saturated heterocycles. The van der Waals surface area contributed by atoms with Crippen molar-refractivity contribution in [3.63, 3.8) is 0 Å². The van der Waals surface area contributed by atoms with Crippen LogP contribution in [0.5, 0.6) is 11.5 Å². The molecule has 1 aliphatic carbocycles. The lowest BCUT2D eigenvalue weighted by atomic mass is 9.93. The first-order valence-corrected chi connectivity index (χ1v) is 9.78. The normalized spacial score (nSPS) is 19.4. The van der Waals surface area contributed by atoms with E-state index in [1.54, 1.807) is 0 Å². The first-order chi connectivity index (χ1) is 13.2. The van der Waals surface area contributed by atoms with Gasteiger partial charge in [0.25, 0.3) is 0 Å². The molecule has 152 valence electrons. The van der Waals surface area contributed by atoms with Crippen molar-refractivity contribution in [2.75, 3.05) is 6.54 Å². The zero-order valence-electron chi connectivity index (χ0n) is 16.3. The largest absolute Gasteiger partial charge is 0.457 e. The molecule has 0 aliphatic heterocycles. The van der Waals surface area contributed by atoms with Crippen LogP contribution in [0.15, 0.2) is 59.6 Å². The van der Waals surface area contributed by atoms with Gasteiger partial charge in [0.2, 0.25) is 0 Å². The second-order valence-electron chi connectivity index (χ2n) is 6.87. The fraction of sp³-hybridized carbons (Fsp3) is 0.409. The molecule has 0 radical (unpaired) electrons. The number of nitrogens with zero attached hydrogens (tertiary/aromatic N) is 1. The molecule has 28 heavy (non-hydrogen) atoms. The third-order valence-corrected chi connectivity index (χ3v) is 4.73. The Balaban J connectivity index is 0.00000280. The van der Waals surface area contributed by atoms with Crippen LogP contribution in [-0.4, -0.2) is 29.8 Å². The summed E-state index contributed by atoms with van der Waals surface area (Å²) in [5.74, 6) is 2.46. The Labute approximate surface area is 184 Å². The molecular weight excluding hydrogens is 465 g/mol. The van der Waals surface area contributed by atoms with Crippen molar-refractivity contribution in [3.05, 3.63) is 60.2 Å². The van der Waals surface area contributed by atoms with Crippen molar-refractivity contribution in [3.8, 4) is 11.5 Å². The van der Waals surface area contributed by atoms with Crippen LogP contribution in [0.4, 0.5) is 0 Å². The fourth-order valence-corrected chi connectivity index (χ4v) is 3.25. The average molecular weight is 495 g/mol. The minimum atomic E-state index is -0.149. The number of aliphatic imine (C=N–C) groups is 1. The van der Waals surface area contributed by atoms with Gasteiger partial charge in [0, 0.05) is 18.2 Å². The maximum atomic E-state index is 9.68. The van der Waals surface area contributed by atoms with E-state index >= 15 is 0 Å². The molecule has 2 aromatic carbocycles. The van der Waals surface area contributed by atoms with Crippen molar-refractivity contribution >= 4 is 29.9 Å². The maximum Gasteiger partial charge on any atom is 0.191 e. The quantitative estimate of drug-likeness (QED) is 0.315.